The van der Waals surface area contributed by atoms with Crippen molar-refractivity contribution in [2.45, 2.75) is 78.6 Å². The van der Waals surface area contributed by atoms with Gasteiger partial charge in [-0.15, -0.1) is 0 Å². The van der Waals surface area contributed by atoms with E-state index in [-0.39, 0.29) is 23.0 Å². The van der Waals surface area contributed by atoms with Crippen LogP contribution in [0.4, 0.5) is 0 Å². The Bertz CT molecular complexity index is 3480. The van der Waals surface area contributed by atoms with Gasteiger partial charge in [-0.05, 0) is 131 Å². The second-order valence-corrected chi connectivity index (χ2v) is 20.7. The summed E-state index contributed by atoms with van der Waals surface area (Å²) in [6.07, 6.45) is 0. The number of hydrogen-bond acceptors (Lipinski definition) is 0. The Morgan fingerprint density at radius 3 is 1.59 bits per heavy atom. The van der Waals surface area contributed by atoms with Crippen molar-refractivity contribution in [3.63, 3.8) is 0 Å². The molecule has 3 heteroatoms. The standard InChI is InChI=1S/C56H49BN2/c1-54(2,3)37-20-18-32(19-21-37)36-27-48-51-49(28-36)59-47-26-34-15-11-10-14-33(34)24-41(47)43-25-35-16-12-13-17-40(35)50(53(43)59)57(51)45-31-39(56(7,8)9)30-44-42-29-38(55(4,5)6)22-23-46(42)58(48)52(44)45/h10-31H,1-9H3. The molecule has 59 heavy (non-hydrogen) atoms. The molecule has 0 unspecified atom stereocenters. The first kappa shape index (κ1) is 34.9. The van der Waals surface area contributed by atoms with Crippen molar-refractivity contribution in [3.05, 3.63) is 150 Å². The lowest BCUT2D eigenvalue weighted by atomic mass is 9.33. The molecule has 2 aliphatic rings. The Balaban J connectivity index is 1.32. The summed E-state index contributed by atoms with van der Waals surface area (Å²) in [5.74, 6) is 0. The average molecular weight is 761 g/mol. The topological polar surface area (TPSA) is 9.86 Å². The van der Waals surface area contributed by atoms with Gasteiger partial charge in [0.2, 0.25) is 0 Å². The second kappa shape index (κ2) is 11.4. The van der Waals surface area contributed by atoms with E-state index in [1.165, 1.54) is 121 Å². The van der Waals surface area contributed by atoms with Gasteiger partial charge in [0.15, 0.2) is 0 Å². The zero-order valence-corrected chi connectivity index (χ0v) is 35.7. The van der Waals surface area contributed by atoms with E-state index in [4.69, 9.17) is 0 Å². The molecule has 2 aliphatic heterocycles. The third-order valence-electron chi connectivity index (χ3n) is 13.9. The van der Waals surface area contributed by atoms with Gasteiger partial charge in [-0.3, -0.25) is 0 Å². The van der Waals surface area contributed by atoms with Crippen LogP contribution >= 0.6 is 0 Å². The smallest absolute Gasteiger partial charge is 0.253 e. The van der Waals surface area contributed by atoms with Gasteiger partial charge in [-0.2, -0.15) is 0 Å². The third-order valence-corrected chi connectivity index (χ3v) is 13.9. The van der Waals surface area contributed by atoms with Crippen LogP contribution in [0.3, 0.4) is 0 Å². The molecule has 0 spiro atoms. The molecule has 0 aliphatic carbocycles. The number of rotatable bonds is 1. The summed E-state index contributed by atoms with van der Waals surface area (Å²) in [4.78, 5) is 0. The maximum Gasteiger partial charge on any atom is 0.253 e. The predicted octanol–water partition coefficient (Wildman–Crippen LogP) is 12.9. The van der Waals surface area contributed by atoms with Crippen LogP contribution < -0.4 is 16.4 Å². The van der Waals surface area contributed by atoms with Crippen molar-refractivity contribution in [1.29, 1.82) is 0 Å². The van der Waals surface area contributed by atoms with E-state index < -0.39 is 0 Å². The maximum absolute atomic E-state index is 2.65. The summed E-state index contributed by atoms with van der Waals surface area (Å²) in [5.41, 5.74) is 18.7. The molecule has 2 aromatic heterocycles. The first-order valence-corrected chi connectivity index (χ1v) is 21.5. The number of hydrogen-bond donors (Lipinski definition) is 0. The van der Waals surface area contributed by atoms with E-state index in [1.54, 1.807) is 0 Å². The fraction of sp³-hybridized carbons (Fsp3) is 0.214. The largest absolute Gasteiger partial charge is 0.310 e. The van der Waals surface area contributed by atoms with Crippen molar-refractivity contribution in [2.75, 3.05) is 0 Å². The van der Waals surface area contributed by atoms with E-state index in [1.807, 2.05) is 0 Å². The molecule has 0 saturated heterocycles. The molecule has 0 saturated carbocycles. The number of fused-ring (bicyclic) bond motifs is 13. The van der Waals surface area contributed by atoms with Crippen LogP contribution in [0.15, 0.2) is 133 Å². The summed E-state index contributed by atoms with van der Waals surface area (Å²) in [6, 6.07) is 52.2. The summed E-state index contributed by atoms with van der Waals surface area (Å²) in [5, 5.41) is 10.5. The highest BCUT2D eigenvalue weighted by Gasteiger charge is 2.43. The number of benzene rings is 8. The van der Waals surface area contributed by atoms with Crippen molar-refractivity contribution in [3.8, 4) is 22.5 Å². The van der Waals surface area contributed by atoms with Gasteiger partial charge >= 0.3 is 0 Å². The van der Waals surface area contributed by atoms with E-state index in [9.17, 15) is 0 Å². The lowest BCUT2D eigenvalue weighted by Crippen LogP contribution is -2.59. The number of nitrogens with zero attached hydrogens (tertiary/aromatic N) is 2. The molecule has 0 amide bonds. The van der Waals surface area contributed by atoms with E-state index in [2.05, 4.69) is 205 Å². The van der Waals surface area contributed by atoms with Crippen molar-refractivity contribution in [2.24, 2.45) is 0 Å². The van der Waals surface area contributed by atoms with Crippen LogP contribution in [-0.4, -0.2) is 15.8 Å². The van der Waals surface area contributed by atoms with Gasteiger partial charge in [0.05, 0.1) is 11.0 Å². The first-order chi connectivity index (χ1) is 28.1. The predicted molar refractivity (Wildman–Crippen MR) is 256 cm³/mol. The molecule has 12 rings (SSSR count). The summed E-state index contributed by atoms with van der Waals surface area (Å²) in [7, 11) is 0. The minimum atomic E-state index is -0.0370. The molecule has 0 bridgehead atoms. The van der Waals surface area contributed by atoms with Crippen LogP contribution in [0, 0.1) is 0 Å². The molecule has 0 radical (unpaired) electrons. The van der Waals surface area contributed by atoms with Crippen LogP contribution in [0.25, 0.3) is 87.7 Å². The molecule has 286 valence electrons. The molecule has 8 aromatic carbocycles. The highest BCUT2D eigenvalue weighted by atomic mass is 15.0. The molecule has 4 heterocycles. The molecule has 0 N–H and O–H groups in total. The Hall–Kier alpha value is -6.06. The lowest BCUT2D eigenvalue weighted by Gasteiger charge is -2.35. The SMILES string of the molecule is CC(C)(C)c1ccc(-c2cc3c4c(c2)-n2c5cc6ccccc6cc5c5cc6ccccc6c(c52)B4c2cc(C(C)(C)C)cc4c5cc(C(C)(C)C)ccc5n-3c24)cc1. The minimum Gasteiger partial charge on any atom is -0.310 e. The maximum atomic E-state index is 2.65. The molecule has 2 nitrogen and oxygen atoms in total. The molecule has 0 fully saturated rings. The normalized spacial score (nSPS) is 13.8. The quantitative estimate of drug-likeness (QED) is 0.148. The fourth-order valence-electron chi connectivity index (χ4n) is 10.7. The van der Waals surface area contributed by atoms with Crippen molar-refractivity contribution in [1.82, 2.24) is 9.13 Å². The van der Waals surface area contributed by atoms with E-state index in [0.717, 1.165) is 0 Å². The third kappa shape index (κ3) is 4.76. The number of aromatic nitrogens is 2. The van der Waals surface area contributed by atoms with Crippen LogP contribution in [-0.2, 0) is 16.2 Å². The average Bonchev–Trinajstić information content (AvgIpc) is 3.71. The summed E-state index contributed by atoms with van der Waals surface area (Å²) in [6.45, 7) is 21.1. The summed E-state index contributed by atoms with van der Waals surface area (Å²) >= 11 is 0. The highest BCUT2D eigenvalue weighted by molar-refractivity contribution is 7.01. The monoisotopic (exact) mass is 760 g/mol. The Morgan fingerprint density at radius 1 is 0.373 bits per heavy atom. The Morgan fingerprint density at radius 2 is 0.915 bits per heavy atom. The van der Waals surface area contributed by atoms with Gasteiger partial charge in [0.1, 0.15) is 0 Å². The highest BCUT2D eigenvalue weighted by Crippen LogP contribution is 2.44. The van der Waals surface area contributed by atoms with Crippen LogP contribution in [0.5, 0.6) is 0 Å². The van der Waals surface area contributed by atoms with E-state index >= 15 is 0 Å². The van der Waals surface area contributed by atoms with Gasteiger partial charge in [0, 0.05) is 44.0 Å². The van der Waals surface area contributed by atoms with Gasteiger partial charge in [-0.25, -0.2) is 0 Å². The minimum absolute atomic E-state index is 0.0273. The molecule has 0 atom stereocenters. The zero-order valence-electron chi connectivity index (χ0n) is 35.7. The van der Waals surface area contributed by atoms with Crippen molar-refractivity contribution >= 4 is 88.3 Å². The van der Waals surface area contributed by atoms with E-state index in [0.29, 0.717) is 0 Å². The second-order valence-electron chi connectivity index (χ2n) is 20.7. The first-order valence-electron chi connectivity index (χ1n) is 21.5. The van der Waals surface area contributed by atoms with Gasteiger partial charge in [-0.1, -0.05) is 147 Å². The van der Waals surface area contributed by atoms with Crippen molar-refractivity contribution < 1.29 is 0 Å². The molecule has 10 aromatic rings. The Labute approximate surface area is 347 Å². The lowest BCUT2D eigenvalue weighted by molar-refractivity contribution is 0.590. The fourth-order valence-corrected chi connectivity index (χ4v) is 10.7. The van der Waals surface area contributed by atoms with Crippen LogP contribution in [0.2, 0.25) is 0 Å². The van der Waals surface area contributed by atoms with Gasteiger partial charge in [0.25, 0.3) is 6.71 Å². The molecular formula is C56H49BN2. The molecular weight excluding hydrogens is 711 g/mol. The van der Waals surface area contributed by atoms with Gasteiger partial charge < -0.3 is 9.13 Å². The van der Waals surface area contributed by atoms with Crippen LogP contribution in [0.1, 0.15) is 79.0 Å². The summed E-state index contributed by atoms with van der Waals surface area (Å²) < 4.78 is 5.30. The Kier molecular flexibility index (Phi) is 6.73. The zero-order chi connectivity index (χ0) is 40.5.